The molecule has 0 atom stereocenters. The fourth-order valence-corrected chi connectivity index (χ4v) is 4.31. The van der Waals surface area contributed by atoms with Gasteiger partial charge in [0.2, 0.25) is 15.9 Å². The molecule has 1 N–H and O–H groups in total. The smallest absolute Gasteiger partial charge is 0.236 e. The van der Waals surface area contributed by atoms with Gasteiger partial charge in [0.25, 0.3) is 0 Å². The molecule has 2 aromatic heterocycles. The van der Waals surface area contributed by atoms with Gasteiger partial charge in [-0.3, -0.25) is 9.29 Å². The predicted octanol–water partition coefficient (Wildman–Crippen LogP) is 4.36. The zero-order valence-electron chi connectivity index (χ0n) is 16.4. The highest BCUT2D eigenvalue weighted by Gasteiger charge is 2.12. The standard InChI is InChI=1S/C21H18ClN5O3S/c1-15-23-9-10-27(15)20-12-21(25-14-24-20)30-19-7-5-18(6-8-19)26-31(28,29)13-16-3-2-4-17(22)11-16/h2-12,14,26H,13H2,1H3. The molecule has 31 heavy (non-hydrogen) atoms. The average Bonchev–Trinajstić information content (AvgIpc) is 3.15. The van der Waals surface area contributed by atoms with E-state index < -0.39 is 10.0 Å². The minimum atomic E-state index is -3.59. The van der Waals surface area contributed by atoms with Crippen molar-refractivity contribution < 1.29 is 13.2 Å². The van der Waals surface area contributed by atoms with Crippen LogP contribution in [0.3, 0.4) is 0 Å². The van der Waals surface area contributed by atoms with E-state index in [1.165, 1.54) is 6.33 Å². The van der Waals surface area contributed by atoms with E-state index in [0.717, 1.165) is 5.82 Å². The molecular formula is C21H18ClN5O3S. The van der Waals surface area contributed by atoms with Crippen LogP contribution in [0.2, 0.25) is 5.02 Å². The molecule has 2 aromatic carbocycles. The summed E-state index contributed by atoms with van der Waals surface area (Å²) in [6, 6.07) is 15.0. The number of hydrogen-bond acceptors (Lipinski definition) is 6. The number of rotatable bonds is 7. The summed E-state index contributed by atoms with van der Waals surface area (Å²) >= 11 is 5.92. The Hall–Kier alpha value is -3.43. The number of aryl methyl sites for hydroxylation is 1. The Labute approximate surface area is 184 Å². The third-order valence-corrected chi connectivity index (χ3v) is 5.79. The minimum Gasteiger partial charge on any atom is -0.439 e. The zero-order chi connectivity index (χ0) is 21.8. The third-order valence-electron chi connectivity index (χ3n) is 4.30. The van der Waals surface area contributed by atoms with E-state index in [2.05, 4.69) is 19.7 Å². The molecule has 8 nitrogen and oxygen atoms in total. The van der Waals surface area contributed by atoms with Crippen LogP contribution in [0.15, 0.2) is 73.3 Å². The zero-order valence-corrected chi connectivity index (χ0v) is 18.0. The van der Waals surface area contributed by atoms with Crippen LogP contribution >= 0.6 is 11.6 Å². The molecule has 0 saturated carbocycles. The van der Waals surface area contributed by atoms with E-state index >= 15 is 0 Å². The van der Waals surface area contributed by atoms with Crippen molar-refractivity contribution in [3.05, 3.63) is 89.7 Å². The predicted molar refractivity (Wildman–Crippen MR) is 118 cm³/mol. The van der Waals surface area contributed by atoms with Gasteiger partial charge in [-0.2, -0.15) is 0 Å². The lowest BCUT2D eigenvalue weighted by atomic mass is 10.2. The number of hydrogen-bond donors (Lipinski definition) is 1. The molecule has 0 spiro atoms. The lowest BCUT2D eigenvalue weighted by molar-refractivity contribution is 0.461. The first-order chi connectivity index (χ1) is 14.9. The maximum Gasteiger partial charge on any atom is 0.236 e. The van der Waals surface area contributed by atoms with Gasteiger partial charge in [-0.05, 0) is 48.9 Å². The quantitative estimate of drug-likeness (QED) is 0.444. The van der Waals surface area contributed by atoms with Gasteiger partial charge in [0, 0.05) is 29.2 Å². The first-order valence-electron chi connectivity index (χ1n) is 9.23. The van der Waals surface area contributed by atoms with Gasteiger partial charge in [0.05, 0.1) is 5.75 Å². The normalized spacial score (nSPS) is 11.3. The van der Waals surface area contributed by atoms with Gasteiger partial charge in [-0.25, -0.2) is 23.4 Å². The van der Waals surface area contributed by atoms with Crippen molar-refractivity contribution in [2.75, 3.05) is 4.72 Å². The molecule has 4 rings (SSSR count). The molecule has 0 aliphatic rings. The number of nitrogens with one attached hydrogen (secondary N) is 1. The van der Waals surface area contributed by atoms with Crippen LogP contribution in [-0.2, 0) is 15.8 Å². The molecule has 0 aliphatic carbocycles. The Morgan fingerprint density at radius 1 is 1.06 bits per heavy atom. The molecule has 2 heterocycles. The van der Waals surface area contributed by atoms with Gasteiger partial charge in [0.1, 0.15) is 23.7 Å². The Morgan fingerprint density at radius 2 is 1.87 bits per heavy atom. The lowest BCUT2D eigenvalue weighted by Gasteiger charge is -2.10. The number of ether oxygens (including phenoxy) is 1. The number of aromatic nitrogens is 4. The van der Waals surface area contributed by atoms with Crippen molar-refractivity contribution in [1.29, 1.82) is 0 Å². The van der Waals surface area contributed by atoms with Gasteiger partial charge < -0.3 is 4.74 Å². The largest absolute Gasteiger partial charge is 0.439 e. The summed E-state index contributed by atoms with van der Waals surface area (Å²) in [5.41, 5.74) is 1.03. The van der Waals surface area contributed by atoms with E-state index in [9.17, 15) is 8.42 Å². The second-order valence-electron chi connectivity index (χ2n) is 6.68. The van der Waals surface area contributed by atoms with Gasteiger partial charge in [-0.1, -0.05) is 23.7 Å². The fourth-order valence-electron chi connectivity index (χ4n) is 2.91. The van der Waals surface area contributed by atoms with Crippen LogP contribution in [0.4, 0.5) is 5.69 Å². The summed E-state index contributed by atoms with van der Waals surface area (Å²) in [7, 11) is -3.59. The van der Waals surface area contributed by atoms with Crippen LogP contribution in [0.1, 0.15) is 11.4 Å². The second kappa shape index (κ2) is 8.75. The lowest BCUT2D eigenvalue weighted by Crippen LogP contribution is -2.15. The molecule has 0 fully saturated rings. The molecule has 0 amide bonds. The van der Waals surface area contributed by atoms with Crippen LogP contribution in [-0.4, -0.2) is 27.9 Å². The highest BCUT2D eigenvalue weighted by Crippen LogP contribution is 2.23. The van der Waals surface area contributed by atoms with Crippen LogP contribution in [0.5, 0.6) is 11.6 Å². The highest BCUT2D eigenvalue weighted by molar-refractivity contribution is 7.91. The maximum atomic E-state index is 12.4. The Morgan fingerprint density at radius 3 is 2.58 bits per heavy atom. The SMILES string of the molecule is Cc1nccn1-c1cc(Oc2ccc(NS(=O)(=O)Cc3cccc(Cl)c3)cc2)ncn1. The third kappa shape index (κ3) is 5.39. The molecule has 0 bridgehead atoms. The topological polar surface area (TPSA) is 99.0 Å². The molecule has 0 unspecified atom stereocenters. The monoisotopic (exact) mass is 455 g/mol. The number of benzene rings is 2. The van der Waals surface area contributed by atoms with Crippen molar-refractivity contribution in [3.8, 4) is 17.4 Å². The van der Waals surface area contributed by atoms with E-state index in [4.69, 9.17) is 16.3 Å². The summed E-state index contributed by atoms with van der Waals surface area (Å²) in [5.74, 6) is 2.10. The number of sulfonamides is 1. The molecule has 4 aromatic rings. The molecule has 0 saturated heterocycles. The number of imidazole rings is 1. The van der Waals surface area contributed by atoms with Crippen LogP contribution in [0, 0.1) is 6.92 Å². The molecule has 0 radical (unpaired) electrons. The second-order valence-corrected chi connectivity index (χ2v) is 8.84. The molecule has 10 heteroatoms. The van der Waals surface area contributed by atoms with Crippen LogP contribution in [0.25, 0.3) is 5.82 Å². The summed E-state index contributed by atoms with van der Waals surface area (Å²) < 4.78 is 35.0. The summed E-state index contributed by atoms with van der Waals surface area (Å²) in [5, 5.41) is 0.491. The Bertz CT molecular complexity index is 1310. The van der Waals surface area contributed by atoms with Crippen molar-refractivity contribution >= 4 is 27.3 Å². The van der Waals surface area contributed by atoms with Crippen molar-refractivity contribution in [2.45, 2.75) is 12.7 Å². The Kier molecular flexibility index (Phi) is 5.88. The summed E-state index contributed by atoms with van der Waals surface area (Å²) in [6.45, 7) is 1.87. The van der Waals surface area contributed by atoms with E-state index in [1.807, 2.05) is 11.5 Å². The minimum absolute atomic E-state index is 0.177. The van der Waals surface area contributed by atoms with Crippen molar-refractivity contribution in [3.63, 3.8) is 0 Å². The highest BCUT2D eigenvalue weighted by atomic mass is 35.5. The van der Waals surface area contributed by atoms with Crippen LogP contribution < -0.4 is 9.46 Å². The molecule has 158 valence electrons. The number of halogens is 1. The summed E-state index contributed by atoms with van der Waals surface area (Å²) in [4.78, 5) is 12.5. The van der Waals surface area contributed by atoms with E-state index in [-0.39, 0.29) is 5.75 Å². The molecule has 0 aliphatic heterocycles. The summed E-state index contributed by atoms with van der Waals surface area (Å²) in [6.07, 6.45) is 4.89. The first-order valence-corrected chi connectivity index (χ1v) is 11.3. The molecular weight excluding hydrogens is 438 g/mol. The maximum absolute atomic E-state index is 12.4. The van der Waals surface area contributed by atoms with E-state index in [1.54, 1.807) is 67.0 Å². The Balaban J connectivity index is 1.43. The van der Waals surface area contributed by atoms with Gasteiger partial charge in [0.15, 0.2) is 0 Å². The fraction of sp³-hybridized carbons (Fsp3) is 0.0952. The first kappa shape index (κ1) is 20.8. The van der Waals surface area contributed by atoms with Gasteiger partial charge in [-0.15, -0.1) is 0 Å². The van der Waals surface area contributed by atoms with Crippen molar-refractivity contribution in [2.24, 2.45) is 0 Å². The van der Waals surface area contributed by atoms with E-state index in [0.29, 0.717) is 33.7 Å². The van der Waals surface area contributed by atoms with Gasteiger partial charge >= 0.3 is 0 Å². The number of anilines is 1. The number of nitrogens with zero attached hydrogens (tertiary/aromatic N) is 4. The van der Waals surface area contributed by atoms with Crippen molar-refractivity contribution in [1.82, 2.24) is 19.5 Å². The average molecular weight is 456 g/mol.